The van der Waals surface area contributed by atoms with Gasteiger partial charge in [-0.05, 0) is 46.1 Å². The van der Waals surface area contributed by atoms with Crippen LogP contribution in [0.3, 0.4) is 0 Å². The first-order valence-electron chi connectivity index (χ1n) is 6.08. The summed E-state index contributed by atoms with van der Waals surface area (Å²) >= 11 is 3.29. The van der Waals surface area contributed by atoms with Gasteiger partial charge in [-0.15, -0.1) is 0 Å². The van der Waals surface area contributed by atoms with Crippen LogP contribution < -0.4 is 10.5 Å². The van der Waals surface area contributed by atoms with E-state index in [0.717, 1.165) is 5.56 Å². The van der Waals surface area contributed by atoms with E-state index in [1.807, 2.05) is 18.2 Å². The van der Waals surface area contributed by atoms with E-state index >= 15 is 0 Å². The third kappa shape index (κ3) is 3.18. The summed E-state index contributed by atoms with van der Waals surface area (Å²) in [6, 6.07) is 12.5. The number of hydrogen-bond acceptors (Lipinski definition) is 3. The maximum atomic E-state index is 11.5. The van der Waals surface area contributed by atoms with Gasteiger partial charge in [0.1, 0.15) is 11.5 Å². The fourth-order valence-electron chi connectivity index (χ4n) is 1.88. The molecule has 0 fully saturated rings. The van der Waals surface area contributed by atoms with Crippen molar-refractivity contribution in [1.29, 1.82) is 0 Å². The van der Waals surface area contributed by atoms with Crippen LogP contribution in [-0.2, 0) is 6.42 Å². The molecule has 4 nitrogen and oxygen atoms in total. The van der Waals surface area contributed by atoms with Crippen LogP contribution in [-0.4, -0.2) is 17.6 Å². The van der Waals surface area contributed by atoms with Gasteiger partial charge in [-0.2, -0.15) is 0 Å². The number of ether oxygens (including phenoxy) is 1. The first-order chi connectivity index (χ1) is 9.63. The van der Waals surface area contributed by atoms with E-state index < -0.39 is 5.91 Å². The van der Waals surface area contributed by atoms with Gasteiger partial charge in [-0.3, -0.25) is 4.79 Å². The molecule has 0 spiro atoms. The number of amides is 1. The molecule has 104 valence electrons. The van der Waals surface area contributed by atoms with Crippen molar-refractivity contribution in [2.75, 3.05) is 6.61 Å². The fourth-order valence-corrected chi connectivity index (χ4v) is 2.42. The van der Waals surface area contributed by atoms with E-state index in [9.17, 15) is 4.79 Å². The van der Waals surface area contributed by atoms with Crippen molar-refractivity contribution in [2.45, 2.75) is 6.42 Å². The zero-order valence-electron chi connectivity index (χ0n) is 10.7. The molecule has 0 radical (unpaired) electrons. The highest BCUT2D eigenvalue weighted by molar-refractivity contribution is 9.10. The molecule has 0 aliphatic carbocycles. The van der Waals surface area contributed by atoms with Crippen molar-refractivity contribution < 1.29 is 14.6 Å². The molecule has 0 bridgehead atoms. The minimum atomic E-state index is -0.563. The zero-order chi connectivity index (χ0) is 14.5. The van der Waals surface area contributed by atoms with Gasteiger partial charge in [-0.25, -0.2) is 0 Å². The van der Waals surface area contributed by atoms with Crippen molar-refractivity contribution >= 4 is 21.8 Å². The molecule has 0 saturated heterocycles. The van der Waals surface area contributed by atoms with Crippen molar-refractivity contribution in [1.82, 2.24) is 0 Å². The molecule has 20 heavy (non-hydrogen) atoms. The Labute approximate surface area is 125 Å². The van der Waals surface area contributed by atoms with Crippen LogP contribution in [0.4, 0.5) is 0 Å². The van der Waals surface area contributed by atoms with Gasteiger partial charge < -0.3 is 15.6 Å². The van der Waals surface area contributed by atoms with Crippen LogP contribution >= 0.6 is 15.9 Å². The highest BCUT2D eigenvalue weighted by Gasteiger charge is 2.15. The number of benzene rings is 2. The number of carbonyl (C=O) groups excluding carboxylic acids is 1. The molecule has 0 heterocycles. The molecule has 2 aromatic carbocycles. The van der Waals surface area contributed by atoms with E-state index in [2.05, 4.69) is 15.9 Å². The SMILES string of the molecule is NC(=O)c1c(Br)cccc1Oc1ccccc1CCO. The normalized spacial score (nSPS) is 10.3. The van der Waals surface area contributed by atoms with E-state index in [-0.39, 0.29) is 6.61 Å². The lowest BCUT2D eigenvalue weighted by Gasteiger charge is -2.13. The first kappa shape index (κ1) is 14.6. The summed E-state index contributed by atoms with van der Waals surface area (Å²) in [5.41, 5.74) is 6.54. The van der Waals surface area contributed by atoms with Crippen LogP contribution in [0.5, 0.6) is 11.5 Å². The second kappa shape index (κ2) is 6.54. The van der Waals surface area contributed by atoms with E-state index in [1.165, 1.54) is 0 Å². The molecule has 5 heteroatoms. The lowest BCUT2D eigenvalue weighted by Crippen LogP contribution is -2.13. The van der Waals surface area contributed by atoms with Crippen LogP contribution in [0.2, 0.25) is 0 Å². The van der Waals surface area contributed by atoms with Crippen LogP contribution in [0.1, 0.15) is 15.9 Å². The Balaban J connectivity index is 2.40. The molecule has 1 amide bonds. The summed E-state index contributed by atoms with van der Waals surface area (Å²) in [7, 11) is 0. The Morgan fingerprint density at radius 1 is 1.15 bits per heavy atom. The summed E-state index contributed by atoms with van der Waals surface area (Å²) in [4.78, 5) is 11.5. The average Bonchev–Trinajstić information content (AvgIpc) is 2.41. The van der Waals surface area contributed by atoms with Gasteiger partial charge in [0.2, 0.25) is 0 Å². The van der Waals surface area contributed by atoms with Crippen molar-refractivity contribution in [2.24, 2.45) is 5.73 Å². The predicted octanol–water partition coefficient (Wildman–Crippen LogP) is 2.88. The molecular weight excluding hydrogens is 322 g/mol. The topological polar surface area (TPSA) is 72.6 Å². The van der Waals surface area contributed by atoms with Gasteiger partial charge in [-0.1, -0.05) is 24.3 Å². The molecule has 0 aliphatic heterocycles. The molecule has 0 aromatic heterocycles. The molecule has 3 N–H and O–H groups in total. The van der Waals surface area contributed by atoms with Crippen LogP contribution in [0.25, 0.3) is 0 Å². The first-order valence-corrected chi connectivity index (χ1v) is 6.87. The number of rotatable bonds is 5. The molecule has 0 atom stereocenters. The van der Waals surface area contributed by atoms with E-state index in [4.69, 9.17) is 15.6 Å². The summed E-state index contributed by atoms with van der Waals surface area (Å²) in [5.74, 6) is 0.423. The predicted molar refractivity (Wildman–Crippen MR) is 80.0 cm³/mol. The van der Waals surface area contributed by atoms with Crippen molar-refractivity contribution in [3.05, 3.63) is 58.1 Å². The van der Waals surface area contributed by atoms with E-state index in [0.29, 0.717) is 28.0 Å². The summed E-state index contributed by atoms with van der Waals surface area (Å²) in [5, 5.41) is 9.06. The fraction of sp³-hybridized carbons (Fsp3) is 0.133. The van der Waals surface area contributed by atoms with Gasteiger partial charge in [0.25, 0.3) is 5.91 Å². The average molecular weight is 336 g/mol. The summed E-state index contributed by atoms with van der Waals surface area (Å²) < 4.78 is 6.38. The number of para-hydroxylation sites is 1. The second-order valence-corrected chi connectivity index (χ2v) is 5.01. The third-order valence-corrected chi connectivity index (χ3v) is 3.46. The number of aliphatic hydroxyl groups is 1. The van der Waals surface area contributed by atoms with E-state index in [1.54, 1.807) is 24.3 Å². The smallest absolute Gasteiger partial charge is 0.253 e. The minimum absolute atomic E-state index is 0.0293. The number of halogens is 1. The standard InChI is InChI=1S/C15H14BrNO3/c16-11-5-3-7-13(14(11)15(17)19)20-12-6-2-1-4-10(12)8-9-18/h1-7,18H,8-9H2,(H2,17,19). The van der Waals surface area contributed by atoms with Gasteiger partial charge in [0.15, 0.2) is 0 Å². The van der Waals surface area contributed by atoms with Gasteiger partial charge in [0, 0.05) is 11.1 Å². The molecule has 2 aromatic rings. The number of aliphatic hydroxyl groups excluding tert-OH is 1. The quantitative estimate of drug-likeness (QED) is 0.882. The van der Waals surface area contributed by atoms with Crippen molar-refractivity contribution in [3.8, 4) is 11.5 Å². The molecule has 2 rings (SSSR count). The monoisotopic (exact) mass is 335 g/mol. The summed E-state index contributed by atoms with van der Waals surface area (Å²) in [6.07, 6.45) is 0.482. The Morgan fingerprint density at radius 2 is 1.85 bits per heavy atom. The molecule has 0 unspecified atom stereocenters. The highest BCUT2D eigenvalue weighted by Crippen LogP contribution is 2.32. The Kier molecular flexibility index (Phi) is 4.76. The zero-order valence-corrected chi connectivity index (χ0v) is 12.3. The molecular formula is C15H14BrNO3. The van der Waals surface area contributed by atoms with Crippen LogP contribution in [0.15, 0.2) is 46.9 Å². The van der Waals surface area contributed by atoms with Gasteiger partial charge >= 0.3 is 0 Å². The number of primary amides is 1. The third-order valence-electron chi connectivity index (χ3n) is 2.80. The van der Waals surface area contributed by atoms with Crippen molar-refractivity contribution in [3.63, 3.8) is 0 Å². The number of nitrogens with two attached hydrogens (primary N) is 1. The Morgan fingerprint density at radius 3 is 2.55 bits per heavy atom. The number of hydrogen-bond donors (Lipinski definition) is 2. The number of carbonyl (C=O) groups is 1. The van der Waals surface area contributed by atoms with Crippen LogP contribution in [0, 0.1) is 0 Å². The lowest BCUT2D eigenvalue weighted by molar-refractivity contribution is 0.0997. The largest absolute Gasteiger partial charge is 0.456 e. The Bertz CT molecular complexity index is 628. The lowest BCUT2D eigenvalue weighted by atomic mass is 10.1. The summed E-state index contributed by atoms with van der Waals surface area (Å²) in [6.45, 7) is 0.0293. The minimum Gasteiger partial charge on any atom is -0.456 e. The highest BCUT2D eigenvalue weighted by atomic mass is 79.9. The Hall–Kier alpha value is -1.85. The molecule has 0 aliphatic rings. The van der Waals surface area contributed by atoms with Gasteiger partial charge in [0.05, 0.1) is 5.56 Å². The second-order valence-electron chi connectivity index (χ2n) is 4.16. The molecule has 0 saturated carbocycles. The maximum Gasteiger partial charge on any atom is 0.253 e. The maximum absolute atomic E-state index is 11.5.